The Morgan fingerprint density at radius 2 is 2.10 bits per heavy atom. The van der Waals surface area contributed by atoms with Crippen molar-refractivity contribution in [1.29, 1.82) is 0 Å². The van der Waals surface area contributed by atoms with Gasteiger partial charge in [0.2, 0.25) is 0 Å². The summed E-state index contributed by atoms with van der Waals surface area (Å²) < 4.78 is 9.86. The minimum atomic E-state index is -1.19. The number of carbonyl (C=O) groups excluding carboxylic acids is 1. The maximum absolute atomic E-state index is 11.6. The van der Waals surface area contributed by atoms with Gasteiger partial charge in [-0.3, -0.25) is 4.79 Å². The number of nitrogens with one attached hydrogen (secondary N) is 1. The fourth-order valence-corrected chi connectivity index (χ4v) is 1.64. The number of hydrogen-bond acceptors (Lipinski definition) is 4. The van der Waals surface area contributed by atoms with Crippen LogP contribution in [-0.2, 0) is 14.3 Å². The van der Waals surface area contributed by atoms with Crippen molar-refractivity contribution in [3.05, 3.63) is 28.2 Å². The Labute approximate surface area is 125 Å². The first-order valence-corrected chi connectivity index (χ1v) is 6.28. The van der Waals surface area contributed by atoms with E-state index in [4.69, 9.17) is 33.0 Å². The van der Waals surface area contributed by atoms with Crippen molar-refractivity contribution in [3.63, 3.8) is 0 Å². The molecule has 0 saturated heterocycles. The molecule has 8 heteroatoms. The van der Waals surface area contributed by atoms with Crippen molar-refractivity contribution in [3.8, 4) is 5.75 Å². The molecule has 1 unspecified atom stereocenters. The number of ether oxygens (including phenoxy) is 2. The van der Waals surface area contributed by atoms with Crippen LogP contribution in [0.5, 0.6) is 5.75 Å². The Kier molecular flexibility index (Phi) is 6.57. The number of halogens is 2. The SMILES string of the molecule is COCC(NC(=O)COc1cc(Cl)ccc1Cl)C(=O)O. The van der Waals surface area contributed by atoms with Crippen LogP contribution in [0.4, 0.5) is 0 Å². The van der Waals surface area contributed by atoms with E-state index in [-0.39, 0.29) is 19.0 Å². The summed E-state index contributed by atoms with van der Waals surface area (Å²) in [6.07, 6.45) is 0. The highest BCUT2D eigenvalue weighted by Crippen LogP contribution is 2.27. The molecule has 0 aliphatic heterocycles. The van der Waals surface area contributed by atoms with Gasteiger partial charge in [-0.1, -0.05) is 23.2 Å². The highest BCUT2D eigenvalue weighted by Gasteiger charge is 2.20. The van der Waals surface area contributed by atoms with Crippen molar-refractivity contribution < 1.29 is 24.2 Å². The van der Waals surface area contributed by atoms with Crippen LogP contribution in [-0.4, -0.2) is 43.3 Å². The van der Waals surface area contributed by atoms with E-state index in [2.05, 4.69) is 10.1 Å². The topological polar surface area (TPSA) is 84.9 Å². The Hall–Kier alpha value is -1.50. The summed E-state index contributed by atoms with van der Waals surface area (Å²) in [5, 5.41) is 11.8. The standard InChI is InChI=1S/C12H13Cl2NO5/c1-19-5-9(12(17)18)15-11(16)6-20-10-4-7(13)2-3-8(10)14/h2-4,9H,5-6H2,1H3,(H,15,16)(H,17,18). The number of carbonyl (C=O) groups is 2. The van der Waals surface area contributed by atoms with Crippen LogP contribution in [0.1, 0.15) is 0 Å². The smallest absolute Gasteiger partial charge is 0.328 e. The van der Waals surface area contributed by atoms with Gasteiger partial charge in [0.05, 0.1) is 11.6 Å². The molecule has 6 nitrogen and oxygen atoms in total. The Balaban J connectivity index is 2.54. The van der Waals surface area contributed by atoms with Crippen LogP contribution < -0.4 is 10.1 Å². The molecular formula is C12H13Cl2NO5. The van der Waals surface area contributed by atoms with Gasteiger partial charge in [0.25, 0.3) is 5.91 Å². The van der Waals surface area contributed by atoms with E-state index in [0.29, 0.717) is 10.0 Å². The fraction of sp³-hybridized carbons (Fsp3) is 0.333. The second-order valence-corrected chi connectivity index (χ2v) is 4.62. The molecule has 20 heavy (non-hydrogen) atoms. The molecule has 110 valence electrons. The van der Waals surface area contributed by atoms with Crippen LogP contribution in [0.15, 0.2) is 18.2 Å². The second-order valence-electron chi connectivity index (χ2n) is 3.78. The summed E-state index contributed by atoms with van der Waals surface area (Å²) in [7, 11) is 1.34. The lowest BCUT2D eigenvalue weighted by molar-refractivity contribution is -0.143. The Morgan fingerprint density at radius 3 is 2.70 bits per heavy atom. The average Bonchev–Trinajstić information content (AvgIpc) is 2.39. The number of aliphatic carboxylic acids is 1. The number of benzene rings is 1. The molecule has 0 spiro atoms. The third-order valence-corrected chi connectivity index (χ3v) is 2.77. The summed E-state index contributed by atoms with van der Waals surface area (Å²) in [6.45, 7) is -0.521. The minimum Gasteiger partial charge on any atom is -0.482 e. The van der Waals surface area contributed by atoms with Crippen molar-refractivity contribution in [2.75, 3.05) is 20.3 Å². The van der Waals surface area contributed by atoms with E-state index in [0.717, 1.165) is 0 Å². The molecule has 0 heterocycles. The molecular weight excluding hydrogens is 309 g/mol. The maximum atomic E-state index is 11.6. The van der Waals surface area contributed by atoms with E-state index < -0.39 is 17.9 Å². The molecule has 0 bridgehead atoms. The molecule has 1 rings (SSSR count). The van der Waals surface area contributed by atoms with Crippen LogP contribution in [0.2, 0.25) is 10.0 Å². The average molecular weight is 322 g/mol. The fourth-order valence-electron chi connectivity index (χ4n) is 1.31. The summed E-state index contributed by atoms with van der Waals surface area (Å²) in [6, 6.07) is 3.44. The van der Waals surface area contributed by atoms with E-state index in [1.54, 1.807) is 6.07 Å². The number of rotatable bonds is 7. The first-order valence-electron chi connectivity index (χ1n) is 5.53. The lowest BCUT2D eigenvalue weighted by atomic mass is 10.3. The van der Waals surface area contributed by atoms with Crippen molar-refractivity contribution in [2.45, 2.75) is 6.04 Å². The monoisotopic (exact) mass is 321 g/mol. The maximum Gasteiger partial charge on any atom is 0.328 e. The highest BCUT2D eigenvalue weighted by atomic mass is 35.5. The molecule has 1 aromatic carbocycles. The molecule has 0 aliphatic rings. The van der Waals surface area contributed by atoms with Crippen molar-refractivity contribution in [2.24, 2.45) is 0 Å². The summed E-state index contributed by atoms with van der Waals surface area (Å²) in [5.74, 6) is -1.56. The molecule has 2 N–H and O–H groups in total. The van der Waals surface area contributed by atoms with Crippen LogP contribution in [0, 0.1) is 0 Å². The van der Waals surface area contributed by atoms with Gasteiger partial charge in [0, 0.05) is 18.2 Å². The van der Waals surface area contributed by atoms with Gasteiger partial charge in [-0.2, -0.15) is 0 Å². The second kappa shape index (κ2) is 7.94. The third-order valence-electron chi connectivity index (χ3n) is 2.22. The van der Waals surface area contributed by atoms with E-state index >= 15 is 0 Å². The molecule has 0 radical (unpaired) electrons. The normalized spacial score (nSPS) is 11.8. The van der Waals surface area contributed by atoms with Gasteiger partial charge < -0.3 is 19.9 Å². The number of carboxylic acid groups (broad SMARTS) is 1. The van der Waals surface area contributed by atoms with Gasteiger partial charge in [-0.25, -0.2) is 4.79 Å². The lowest BCUT2D eigenvalue weighted by Crippen LogP contribution is -2.45. The number of carboxylic acids is 1. The molecule has 0 aliphatic carbocycles. The predicted octanol–water partition coefficient (Wildman–Crippen LogP) is 1.59. The van der Waals surface area contributed by atoms with Crippen LogP contribution in [0.25, 0.3) is 0 Å². The molecule has 0 fully saturated rings. The van der Waals surface area contributed by atoms with E-state index in [1.807, 2.05) is 0 Å². The first-order chi connectivity index (χ1) is 9.43. The largest absolute Gasteiger partial charge is 0.482 e. The van der Waals surface area contributed by atoms with Crippen molar-refractivity contribution >= 4 is 35.1 Å². The molecule has 0 aromatic heterocycles. The summed E-state index contributed by atoms with van der Waals surface area (Å²) in [5.41, 5.74) is 0. The molecule has 1 atom stereocenters. The minimum absolute atomic E-state index is 0.140. The third kappa shape index (κ3) is 5.24. The van der Waals surface area contributed by atoms with E-state index in [1.165, 1.54) is 19.2 Å². The molecule has 1 aromatic rings. The van der Waals surface area contributed by atoms with Crippen LogP contribution in [0.3, 0.4) is 0 Å². The summed E-state index contributed by atoms with van der Waals surface area (Å²) in [4.78, 5) is 22.4. The van der Waals surface area contributed by atoms with Gasteiger partial charge >= 0.3 is 5.97 Å². The zero-order valence-electron chi connectivity index (χ0n) is 10.6. The van der Waals surface area contributed by atoms with Gasteiger partial charge in [-0.15, -0.1) is 0 Å². The number of hydrogen-bond donors (Lipinski definition) is 2. The highest BCUT2D eigenvalue weighted by molar-refractivity contribution is 6.34. The van der Waals surface area contributed by atoms with Crippen LogP contribution >= 0.6 is 23.2 Å². The van der Waals surface area contributed by atoms with Gasteiger partial charge in [0.15, 0.2) is 12.6 Å². The predicted molar refractivity (Wildman–Crippen MR) is 73.4 cm³/mol. The first kappa shape index (κ1) is 16.6. The Bertz CT molecular complexity index is 495. The van der Waals surface area contributed by atoms with Gasteiger partial charge in [-0.05, 0) is 12.1 Å². The summed E-state index contributed by atoms with van der Waals surface area (Å²) >= 11 is 11.6. The van der Waals surface area contributed by atoms with E-state index in [9.17, 15) is 9.59 Å². The Morgan fingerprint density at radius 1 is 1.40 bits per heavy atom. The number of amides is 1. The number of methoxy groups -OCH3 is 1. The molecule has 1 amide bonds. The quantitative estimate of drug-likeness (QED) is 0.796. The van der Waals surface area contributed by atoms with Crippen molar-refractivity contribution in [1.82, 2.24) is 5.32 Å². The zero-order chi connectivity index (χ0) is 15.1. The van der Waals surface area contributed by atoms with Gasteiger partial charge in [0.1, 0.15) is 5.75 Å². The lowest BCUT2D eigenvalue weighted by Gasteiger charge is -2.14. The zero-order valence-corrected chi connectivity index (χ0v) is 12.1. The molecule has 0 saturated carbocycles.